The Balaban J connectivity index is 2.12. The molecule has 0 fully saturated rings. The standard InChI is InChI=1S/C17H13F3O4/c1-2-23-16(22)15-9-7-13(24-15)6-8-14(21)11-4-3-5-12(10-11)17(18,19)20/h3-10H,2H2,1H3/b8-6-. The molecular formula is C17H13F3O4. The molecule has 0 aliphatic heterocycles. The maximum absolute atomic E-state index is 12.6. The first-order valence-electron chi connectivity index (χ1n) is 6.98. The second kappa shape index (κ2) is 7.16. The Bertz CT molecular complexity index is 772. The van der Waals surface area contributed by atoms with E-state index in [1.165, 1.54) is 24.3 Å². The summed E-state index contributed by atoms with van der Waals surface area (Å²) in [5.41, 5.74) is -0.998. The maximum atomic E-state index is 12.6. The molecule has 1 aromatic carbocycles. The SMILES string of the molecule is CCOC(=O)c1ccc(/C=C\C(=O)c2cccc(C(F)(F)F)c2)o1. The third kappa shape index (κ3) is 4.34. The fourth-order valence-corrected chi connectivity index (χ4v) is 1.86. The first-order chi connectivity index (χ1) is 11.3. The summed E-state index contributed by atoms with van der Waals surface area (Å²) in [6.07, 6.45) is -2.18. The van der Waals surface area contributed by atoms with Crippen LogP contribution in [0.15, 0.2) is 46.9 Å². The monoisotopic (exact) mass is 338 g/mol. The van der Waals surface area contributed by atoms with E-state index in [4.69, 9.17) is 9.15 Å². The molecule has 2 rings (SSSR count). The predicted octanol–water partition coefficient (Wildman–Crippen LogP) is 4.37. The van der Waals surface area contributed by atoms with Crippen LogP contribution in [-0.4, -0.2) is 18.4 Å². The second-order valence-corrected chi connectivity index (χ2v) is 4.70. The number of allylic oxidation sites excluding steroid dienone is 1. The van der Waals surface area contributed by atoms with Gasteiger partial charge in [0.05, 0.1) is 12.2 Å². The van der Waals surface area contributed by atoms with Crippen molar-refractivity contribution in [3.05, 3.63) is 65.1 Å². The van der Waals surface area contributed by atoms with Crippen molar-refractivity contribution in [2.45, 2.75) is 13.1 Å². The highest BCUT2D eigenvalue weighted by atomic mass is 19.4. The lowest BCUT2D eigenvalue weighted by Crippen LogP contribution is -2.06. The number of carbonyl (C=O) groups is 2. The predicted molar refractivity (Wildman–Crippen MR) is 79.5 cm³/mol. The Hall–Kier alpha value is -2.83. The van der Waals surface area contributed by atoms with Gasteiger partial charge in [0, 0.05) is 5.56 Å². The van der Waals surface area contributed by atoms with E-state index in [1.807, 2.05) is 0 Å². The van der Waals surface area contributed by atoms with Gasteiger partial charge in [0.15, 0.2) is 5.78 Å². The van der Waals surface area contributed by atoms with Gasteiger partial charge < -0.3 is 9.15 Å². The molecule has 7 heteroatoms. The minimum Gasteiger partial charge on any atom is -0.460 e. The zero-order valence-corrected chi connectivity index (χ0v) is 12.6. The molecule has 1 aromatic heterocycles. The van der Waals surface area contributed by atoms with Crippen molar-refractivity contribution in [1.29, 1.82) is 0 Å². The molecule has 4 nitrogen and oxygen atoms in total. The molecular weight excluding hydrogens is 325 g/mol. The third-order valence-electron chi connectivity index (χ3n) is 2.98. The fraction of sp³-hybridized carbons (Fsp3) is 0.176. The van der Waals surface area contributed by atoms with Gasteiger partial charge in [-0.3, -0.25) is 4.79 Å². The first kappa shape index (κ1) is 17.5. The first-order valence-corrected chi connectivity index (χ1v) is 6.98. The van der Waals surface area contributed by atoms with E-state index < -0.39 is 23.5 Å². The molecule has 0 radical (unpaired) electrons. The van der Waals surface area contributed by atoms with Crippen LogP contribution in [0.2, 0.25) is 0 Å². The topological polar surface area (TPSA) is 56.5 Å². The molecule has 0 saturated heterocycles. The van der Waals surface area contributed by atoms with E-state index in [-0.39, 0.29) is 23.7 Å². The molecule has 0 unspecified atom stereocenters. The van der Waals surface area contributed by atoms with Crippen molar-refractivity contribution in [3.8, 4) is 0 Å². The van der Waals surface area contributed by atoms with Gasteiger partial charge in [-0.05, 0) is 43.3 Å². The highest BCUT2D eigenvalue weighted by Gasteiger charge is 2.30. The van der Waals surface area contributed by atoms with Gasteiger partial charge in [0.2, 0.25) is 5.76 Å². The number of hydrogen-bond donors (Lipinski definition) is 0. The number of esters is 1. The van der Waals surface area contributed by atoms with E-state index in [9.17, 15) is 22.8 Å². The molecule has 0 aliphatic carbocycles. The zero-order valence-electron chi connectivity index (χ0n) is 12.6. The van der Waals surface area contributed by atoms with Crippen LogP contribution in [0.5, 0.6) is 0 Å². The van der Waals surface area contributed by atoms with Crippen LogP contribution in [0.3, 0.4) is 0 Å². The number of benzene rings is 1. The molecule has 126 valence electrons. The number of rotatable bonds is 5. The van der Waals surface area contributed by atoms with Crippen LogP contribution in [-0.2, 0) is 10.9 Å². The van der Waals surface area contributed by atoms with Crippen molar-refractivity contribution < 1.29 is 31.9 Å². The highest BCUT2D eigenvalue weighted by molar-refractivity contribution is 6.06. The average molecular weight is 338 g/mol. The molecule has 0 bridgehead atoms. The van der Waals surface area contributed by atoms with E-state index >= 15 is 0 Å². The van der Waals surface area contributed by atoms with Gasteiger partial charge in [-0.15, -0.1) is 0 Å². The number of furan rings is 1. The van der Waals surface area contributed by atoms with Crippen LogP contribution >= 0.6 is 0 Å². The second-order valence-electron chi connectivity index (χ2n) is 4.70. The normalized spacial score (nSPS) is 11.7. The van der Waals surface area contributed by atoms with Crippen LogP contribution in [0.1, 0.15) is 39.2 Å². The minimum absolute atomic E-state index is 0.0250. The number of ketones is 1. The fourth-order valence-electron chi connectivity index (χ4n) is 1.86. The summed E-state index contributed by atoms with van der Waals surface area (Å²) in [6, 6.07) is 6.94. The van der Waals surface area contributed by atoms with Gasteiger partial charge >= 0.3 is 12.1 Å². The van der Waals surface area contributed by atoms with Crippen molar-refractivity contribution >= 4 is 17.8 Å². The maximum Gasteiger partial charge on any atom is 0.416 e. The van der Waals surface area contributed by atoms with Gasteiger partial charge in [0.1, 0.15) is 5.76 Å². The smallest absolute Gasteiger partial charge is 0.416 e. The van der Waals surface area contributed by atoms with Crippen LogP contribution in [0, 0.1) is 0 Å². The highest BCUT2D eigenvalue weighted by Crippen LogP contribution is 2.29. The summed E-state index contributed by atoms with van der Waals surface area (Å²) in [5.74, 6) is -1.07. The number of halogens is 3. The molecule has 0 spiro atoms. The van der Waals surface area contributed by atoms with Crippen molar-refractivity contribution in [2.24, 2.45) is 0 Å². The summed E-state index contributed by atoms with van der Waals surface area (Å²) in [5, 5.41) is 0. The lowest BCUT2D eigenvalue weighted by molar-refractivity contribution is -0.137. The molecule has 0 saturated carbocycles. The molecule has 1 heterocycles. The van der Waals surface area contributed by atoms with Gasteiger partial charge in [0.25, 0.3) is 0 Å². The average Bonchev–Trinajstić information content (AvgIpc) is 3.01. The van der Waals surface area contributed by atoms with Gasteiger partial charge in [-0.2, -0.15) is 13.2 Å². The van der Waals surface area contributed by atoms with Crippen molar-refractivity contribution in [3.63, 3.8) is 0 Å². The van der Waals surface area contributed by atoms with Crippen molar-refractivity contribution in [1.82, 2.24) is 0 Å². The van der Waals surface area contributed by atoms with E-state index in [2.05, 4.69) is 0 Å². The van der Waals surface area contributed by atoms with E-state index in [1.54, 1.807) is 6.92 Å². The number of alkyl halides is 3. The van der Waals surface area contributed by atoms with Crippen molar-refractivity contribution in [2.75, 3.05) is 6.61 Å². The van der Waals surface area contributed by atoms with Crippen LogP contribution in [0.25, 0.3) is 6.08 Å². The summed E-state index contributed by atoms with van der Waals surface area (Å²) in [4.78, 5) is 23.4. The molecule has 0 aliphatic rings. The lowest BCUT2D eigenvalue weighted by atomic mass is 10.1. The molecule has 0 atom stereocenters. The molecule has 24 heavy (non-hydrogen) atoms. The Morgan fingerprint density at radius 1 is 1.21 bits per heavy atom. The Labute approximate surface area is 135 Å². The third-order valence-corrected chi connectivity index (χ3v) is 2.98. The quantitative estimate of drug-likeness (QED) is 0.461. The molecule has 0 N–H and O–H groups in total. The number of carbonyl (C=O) groups excluding carboxylic acids is 2. The number of ether oxygens (including phenoxy) is 1. The molecule has 0 amide bonds. The molecule has 2 aromatic rings. The Kier molecular flexibility index (Phi) is 5.23. The largest absolute Gasteiger partial charge is 0.460 e. The van der Waals surface area contributed by atoms with Gasteiger partial charge in [-0.25, -0.2) is 4.79 Å². The zero-order chi connectivity index (χ0) is 17.7. The summed E-state index contributed by atoms with van der Waals surface area (Å²) < 4.78 is 47.8. The van der Waals surface area contributed by atoms with E-state index in [0.29, 0.717) is 0 Å². The van der Waals surface area contributed by atoms with Gasteiger partial charge in [-0.1, -0.05) is 12.1 Å². The van der Waals surface area contributed by atoms with Crippen LogP contribution in [0.4, 0.5) is 13.2 Å². The summed E-state index contributed by atoms with van der Waals surface area (Å²) >= 11 is 0. The summed E-state index contributed by atoms with van der Waals surface area (Å²) in [6.45, 7) is 1.84. The summed E-state index contributed by atoms with van der Waals surface area (Å²) in [7, 11) is 0. The van der Waals surface area contributed by atoms with E-state index in [0.717, 1.165) is 24.3 Å². The lowest BCUT2D eigenvalue weighted by Gasteiger charge is -2.06. The Morgan fingerprint density at radius 3 is 2.62 bits per heavy atom. The number of hydrogen-bond acceptors (Lipinski definition) is 4. The minimum atomic E-state index is -4.52. The van der Waals surface area contributed by atoms with Crippen LogP contribution < -0.4 is 0 Å². The Morgan fingerprint density at radius 2 is 1.96 bits per heavy atom.